The van der Waals surface area contributed by atoms with Crippen LogP contribution in [-0.4, -0.2) is 57.3 Å². The maximum Gasteiger partial charge on any atom is 0.328 e. The van der Waals surface area contributed by atoms with E-state index in [4.69, 9.17) is 4.42 Å². The first-order chi connectivity index (χ1) is 16.5. The summed E-state index contributed by atoms with van der Waals surface area (Å²) in [5.41, 5.74) is -0.0996. The van der Waals surface area contributed by atoms with Crippen LogP contribution in [-0.2, 0) is 11.3 Å². The third-order valence-electron chi connectivity index (χ3n) is 7.14. The number of amides is 2. The quantitative estimate of drug-likeness (QED) is 0.636. The highest BCUT2D eigenvalue weighted by Gasteiger charge is 2.32. The summed E-state index contributed by atoms with van der Waals surface area (Å²) in [6.45, 7) is 2.40. The second-order valence-corrected chi connectivity index (χ2v) is 9.20. The van der Waals surface area contributed by atoms with Gasteiger partial charge in [0.15, 0.2) is 5.76 Å². The third kappa shape index (κ3) is 4.30. The standard InChI is InChI=1S/C25H28N4O5/c30-22(27-11-13-28(14-12-27)24(32)21-6-3-15-34-21)18-9-7-17(8-10-18)16-29-23(31)19-4-1-2-5-20(19)26-25(29)33/h1-6,15,17-18H,7-14,16H2,(H,26,33). The maximum atomic E-state index is 13.1. The minimum Gasteiger partial charge on any atom is -0.459 e. The van der Waals surface area contributed by atoms with Crippen LogP contribution in [0.2, 0.25) is 0 Å². The van der Waals surface area contributed by atoms with Gasteiger partial charge in [-0.05, 0) is 55.9 Å². The number of carbonyl (C=O) groups is 2. The largest absolute Gasteiger partial charge is 0.459 e. The fraction of sp³-hybridized carbons (Fsp3) is 0.440. The molecule has 1 saturated carbocycles. The minimum absolute atomic E-state index is 0.0461. The lowest BCUT2D eigenvalue weighted by Gasteiger charge is -2.37. The molecule has 3 heterocycles. The van der Waals surface area contributed by atoms with E-state index in [-0.39, 0.29) is 34.9 Å². The van der Waals surface area contributed by atoms with Gasteiger partial charge in [-0.3, -0.25) is 19.0 Å². The van der Waals surface area contributed by atoms with Crippen molar-refractivity contribution in [2.45, 2.75) is 32.2 Å². The van der Waals surface area contributed by atoms with Crippen LogP contribution in [0.15, 0.2) is 56.7 Å². The van der Waals surface area contributed by atoms with Gasteiger partial charge in [0.25, 0.3) is 11.5 Å². The third-order valence-corrected chi connectivity index (χ3v) is 7.14. The molecule has 0 atom stereocenters. The Morgan fingerprint density at radius 2 is 1.62 bits per heavy atom. The first-order valence-corrected chi connectivity index (χ1v) is 11.8. The summed E-state index contributed by atoms with van der Waals surface area (Å²) in [6, 6.07) is 10.4. The van der Waals surface area contributed by atoms with Gasteiger partial charge >= 0.3 is 5.69 Å². The van der Waals surface area contributed by atoms with Gasteiger partial charge in [0.1, 0.15) is 0 Å². The van der Waals surface area contributed by atoms with Gasteiger partial charge in [-0.15, -0.1) is 0 Å². The summed E-state index contributed by atoms with van der Waals surface area (Å²) in [5, 5.41) is 0.510. The summed E-state index contributed by atoms with van der Waals surface area (Å²) in [7, 11) is 0. The molecule has 34 heavy (non-hydrogen) atoms. The lowest BCUT2D eigenvalue weighted by molar-refractivity contribution is -0.138. The molecule has 1 aliphatic heterocycles. The second kappa shape index (κ2) is 9.32. The molecule has 0 radical (unpaired) electrons. The fourth-order valence-corrected chi connectivity index (χ4v) is 5.16. The van der Waals surface area contributed by atoms with E-state index in [1.165, 1.54) is 10.8 Å². The van der Waals surface area contributed by atoms with E-state index >= 15 is 0 Å². The van der Waals surface area contributed by atoms with Gasteiger partial charge in [-0.25, -0.2) is 4.79 Å². The molecule has 2 aliphatic rings. The Bertz CT molecular complexity index is 1290. The molecule has 0 unspecified atom stereocenters. The molecule has 1 aliphatic carbocycles. The van der Waals surface area contributed by atoms with Crippen molar-refractivity contribution in [3.8, 4) is 0 Å². The van der Waals surface area contributed by atoms with E-state index in [1.807, 2.05) is 4.90 Å². The zero-order valence-electron chi connectivity index (χ0n) is 18.9. The molecule has 2 fully saturated rings. The molecule has 3 aromatic rings. The maximum absolute atomic E-state index is 13.1. The van der Waals surface area contributed by atoms with Gasteiger partial charge < -0.3 is 19.2 Å². The van der Waals surface area contributed by atoms with Crippen molar-refractivity contribution in [2.24, 2.45) is 11.8 Å². The van der Waals surface area contributed by atoms with Gasteiger partial charge in [0.05, 0.1) is 17.2 Å². The molecule has 0 bridgehead atoms. The van der Waals surface area contributed by atoms with E-state index in [0.717, 1.165) is 25.7 Å². The lowest BCUT2D eigenvalue weighted by Crippen LogP contribution is -2.52. The molecule has 178 valence electrons. The molecule has 0 spiro atoms. The van der Waals surface area contributed by atoms with Crippen LogP contribution in [0.25, 0.3) is 10.9 Å². The molecule has 1 aromatic carbocycles. The molecule has 1 N–H and O–H groups in total. The minimum atomic E-state index is -0.385. The average Bonchev–Trinajstić information content (AvgIpc) is 3.41. The van der Waals surface area contributed by atoms with Crippen LogP contribution in [0.3, 0.4) is 0 Å². The zero-order valence-corrected chi connectivity index (χ0v) is 18.9. The van der Waals surface area contributed by atoms with Crippen LogP contribution in [0.4, 0.5) is 0 Å². The number of H-pyrrole nitrogens is 1. The topological polar surface area (TPSA) is 109 Å². The van der Waals surface area contributed by atoms with Crippen molar-refractivity contribution in [3.63, 3.8) is 0 Å². The lowest BCUT2D eigenvalue weighted by atomic mass is 9.81. The summed E-state index contributed by atoms with van der Waals surface area (Å²) < 4.78 is 6.49. The predicted molar refractivity (Wildman–Crippen MR) is 125 cm³/mol. The Hall–Kier alpha value is -3.62. The Kier molecular flexibility index (Phi) is 6.08. The molecule has 1 saturated heterocycles. The number of benzene rings is 1. The molecule has 5 rings (SSSR count). The van der Waals surface area contributed by atoms with Crippen molar-refractivity contribution in [1.82, 2.24) is 19.4 Å². The number of para-hydroxylation sites is 1. The Morgan fingerprint density at radius 3 is 2.32 bits per heavy atom. The Labute approximate surface area is 196 Å². The number of hydrogen-bond acceptors (Lipinski definition) is 5. The Morgan fingerprint density at radius 1 is 0.912 bits per heavy atom. The summed E-state index contributed by atoms with van der Waals surface area (Å²) in [5.74, 6) is 0.463. The normalized spacial score (nSPS) is 21.1. The highest BCUT2D eigenvalue weighted by Crippen LogP contribution is 2.31. The van der Waals surface area contributed by atoms with Crippen molar-refractivity contribution in [3.05, 3.63) is 69.3 Å². The van der Waals surface area contributed by atoms with Gasteiger partial charge in [0, 0.05) is 38.6 Å². The first kappa shape index (κ1) is 22.2. The van der Waals surface area contributed by atoms with Gasteiger partial charge in [-0.2, -0.15) is 0 Å². The SMILES string of the molecule is O=C(c1ccco1)N1CCN(C(=O)C2CCC(Cn3c(=O)[nH]c4ccccc4c3=O)CC2)CC1. The molecule has 2 amide bonds. The summed E-state index contributed by atoms with van der Waals surface area (Å²) in [4.78, 5) is 57.1. The van der Waals surface area contributed by atoms with Gasteiger partial charge in [0.2, 0.25) is 5.91 Å². The number of furan rings is 1. The van der Waals surface area contributed by atoms with E-state index in [2.05, 4.69) is 4.98 Å². The first-order valence-electron chi connectivity index (χ1n) is 11.8. The van der Waals surface area contributed by atoms with E-state index < -0.39 is 0 Å². The van der Waals surface area contributed by atoms with E-state index in [1.54, 1.807) is 41.3 Å². The van der Waals surface area contributed by atoms with E-state index in [9.17, 15) is 19.2 Å². The molecule has 2 aromatic heterocycles. The number of nitrogens with one attached hydrogen (secondary N) is 1. The molecular formula is C25H28N4O5. The summed E-state index contributed by atoms with van der Waals surface area (Å²) in [6.07, 6.45) is 4.57. The number of aromatic amines is 1. The van der Waals surface area contributed by atoms with Crippen LogP contribution in [0.1, 0.15) is 36.2 Å². The monoisotopic (exact) mass is 464 g/mol. The van der Waals surface area contributed by atoms with Crippen molar-refractivity contribution in [1.29, 1.82) is 0 Å². The summed E-state index contributed by atoms with van der Waals surface area (Å²) >= 11 is 0. The number of hydrogen-bond donors (Lipinski definition) is 1. The smallest absolute Gasteiger partial charge is 0.328 e. The number of rotatable bonds is 4. The zero-order chi connectivity index (χ0) is 23.7. The molecular weight excluding hydrogens is 436 g/mol. The van der Waals surface area contributed by atoms with Crippen LogP contribution < -0.4 is 11.2 Å². The van der Waals surface area contributed by atoms with Crippen molar-refractivity contribution in [2.75, 3.05) is 26.2 Å². The number of fused-ring (bicyclic) bond motifs is 1. The predicted octanol–water partition coefficient (Wildman–Crippen LogP) is 2.07. The van der Waals surface area contributed by atoms with Gasteiger partial charge in [-0.1, -0.05) is 12.1 Å². The Balaban J connectivity index is 1.15. The average molecular weight is 465 g/mol. The van der Waals surface area contributed by atoms with E-state index in [0.29, 0.717) is 49.4 Å². The number of aromatic nitrogens is 2. The second-order valence-electron chi connectivity index (χ2n) is 9.20. The number of carbonyl (C=O) groups excluding carboxylic acids is 2. The van der Waals surface area contributed by atoms with Crippen LogP contribution in [0.5, 0.6) is 0 Å². The van der Waals surface area contributed by atoms with Crippen LogP contribution >= 0.6 is 0 Å². The van der Waals surface area contributed by atoms with Crippen molar-refractivity contribution < 1.29 is 14.0 Å². The molecule has 9 nitrogen and oxygen atoms in total. The highest BCUT2D eigenvalue weighted by molar-refractivity contribution is 5.91. The fourth-order valence-electron chi connectivity index (χ4n) is 5.16. The number of piperazine rings is 1. The van der Waals surface area contributed by atoms with Crippen molar-refractivity contribution >= 4 is 22.7 Å². The number of nitrogens with zero attached hydrogens (tertiary/aromatic N) is 3. The van der Waals surface area contributed by atoms with Crippen LogP contribution in [0, 0.1) is 11.8 Å². The highest BCUT2D eigenvalue weighted by atomic mass is 16.3. The molecule has 9 heteroatoms.